The van der Waals surface area contributed by atoms with E-state index in [4.69, 9.17) is 4.74 Å². The normalized spacial score (nSPS) is 17.6. The van der Waals surface area contributed by atoms with Crippen LogP contribution in [0, 0.1) is 0 Å². The van der Waals surface area contributed by atoms with Gasteiger partial charge >= 0.3 is 0 Å². The molecule has 0 spiro atoms. The van der Waals surface area contributed by atoms with Gasteiger partial charge in [0.15, 0.2) is 0 Å². The molecule has 0 atom stereocenters. The molecule has 0 aliphatic carbocycles. The van der Waals surface area contributed by atoms with Crippen molar-refractivity contribution in [3.05, 3.63) is 29.8 Å². The smallest absolute Gasteiger partial charge is 0.119 e. The second-order valence-electron chi connectivity index (χ2n) is 6.07. The van der Waals surface area contributed by atoms with Gasteiger partial charge in [0.25, 0.3) is 0 Å². The Morgan fingerprint density at radius 1 is 1.15 bits per heavy atom. The van der Waals surface area contributed by atoms with Gasteiger partial charge in [0.05, 0.1) is 6.61 Å². The number of hydrogen-bond acceptors (Lipinski definition) is 3. The second kappa shape index (κ2) is 7.65. The number of likely N-dealkylation sites (N-methyl/N-ethyl adjacent to an activating group) is 1. The van der Waals surface area contributed by atoms with Crippen molar-refractivity contribution in [3.63, 3.8) is 0 Å². The molecule has 0 saturated carbocycles. The highest BCUT2D eigenvalue weighted by Gasteiger charge is 2.12. The number of rotatable bonds is 6. The Morgan fingerprint density at radius 2 is 1.90 bits per heavy atom. The Kier molecular flexibility index (Phi) is 5.86. The van der Waals surface area contributed by atoms with E-state index < -0.39 is 0 Å². The monoisotopic (exact) mass is 276 g/mol. The highest BCUT2D eigenvalue weighted by atomic mass is 16.5. The summed E-state index contributed by atoms with van der Waals surface area (Å²) in [6, 6.07) is 8.48. The molecule has 1 aliphatic rings. The van der Waals surface area contributed by atoms with Crippen LogP contribution in [-0.4, -0.2) is 56.2 Å². The first-order valence-corrected chi connectivity index (χ1v) is 7.79. The van der Waals surface area contributed by atoms with Crippen LogP contribution < -0.4 is 4.74 Å². The minimum Gasteiger partial charge on any atom is -0.494 e. The van der Waals surface area contributed by atoms with Crippen LogP contribution in [0.3, 0.4) is 0 Å². The SMILES string of the molecule is CC(C)c1cccc(OCCCN2CCN(C)CC2)c1. The maximum absolute atomic E-state index is 5.87. The summed E-state index contributed by atoms with van der Waals surface area (Å²) in [6.45, 7) is 11.2. The molecule has 0 aromatic heterocycles. The molecule has 0 N–H and O–H groups in total. The van der Waals surface area contributed by atoms with E-state index in [1.807, 2.05) is 0 Å². The second-order valence-corrected chi connectivity index (χ2v) is 6.07. The Morgan fingerprint density at radius 3 is 2.60 bits per heavy atom. The molecule has 1 aromatic carbocycles. The summed E-state index contributed by atoms with van der Waals surface area (Å²) in [5, 5.41) is 0. The Balaban J connectivity index is 1.67. The fraction of sp³-hybridized carbons (Fsp3) is 0.647. The summed E-state index contributed by atoms with van der Waals surface area (Å²) >= 11 is 0. The summed E-state index contributed by atoms with van der Waals surface area (Å²) in [6.07, 6.45) is 1.11. The van der Waals surface area contributed by atoms with Crippen molar-refractivity contribution in [2.75, 3.05) is 46.4 Å². The fourth-order valence-electron chi connectivity index (χ4n) is 2.51. The topological polar surface area (TPSA) is 15.7 Å². The molecule has 2 rings (SSSR count). The zero-order valence-corrected chi connectivity index (χ0v) is 13.1. The van der Waals surface area contributed by atoms with E-state index in [0.29, 0.717) is 5.92 Å². The lowest BCUT2D eigenvalue weighted by molar-refractivity contribution is 0.145. The van der Waals surface area contributed by atoms with Crippen molar-refractivity contribution in [2.45, 2.75) is 26.2 Å². The zero-order valence-electron chi connectivity index (χ0n) is 13.1. The number of benzene rings is 1. The first-order chi connectivity index (χ1) is 9.65. The van der Waals surface area contributed by atoms with Crippen LogP contribution >= 0.6 is 0 Å². The van der Waals surface area contributed by atoms with Gasteiger partial charge in [0.2, 0.25) is 0 Å². The summed E-state index contributed by atoms with van der Waals surface area (Å²) in [5.41, 5.74) is 1.35. The maximum atomic E-state index is 5.87. The van der Waals surface area contributed by atoms with Crippen molar-refractivity contribution in [1.29, 1.82) is 0 Å². The molecule has 3 heteroatoms. The highest BCUT2D eigenvalue weighted by molar-refractivity contribution is 5.30. The van der Waals surface area contributed by atoms with E-state index >= 15 is 0 Å². The molecule has 1 aromatic rings. The fourth-order valence-corrected chi connectivity index (χ4v) is 2.51. The number of piperazine rings is 1. The maximum Gasteiger partial charge on any atom is 0.119 e. The molecular formula is C17H28N2O. The van der Waals surface area contributed by atoms with Gasteiger partial charge in [0, 0.05) is 32.7 Å². The van der Waals surface area contributed by atoms with Crippen molar-refractivity contribution < 1.29 is 4.74 Å². The molecule has 3 nitrogen and oxygen atoms in total. The van der Waals surface area contributed by atoms with E-state index in [1.165, 1.54) is 31.7 Å². The number of nitrogens with zero attached hydrogens (tertiary/aromatic N) is 2. The van der Waals surface area contributed by atoms with Gasteiger partial charge in [-0.1, -0.05) is 26.0 Å². The Bertz CT molecular complexity index is 398. The van der Waals surface area contributed by atoms with Gasteiger partial charge < -0.3 is 14.5 Å². The minimum atomic E-state index is 0.559. The lowest BCUT2D eigenvalue weighted by Gasteiger charge is -2.32. The van der Waals surface area contributed by atoms with Gasteiger partial charge in [-0.05, 0) is 37.1 Å². The van der Waals surface area contributed by atoms with Crippen LogP contribution in [0.2, 0.25) is 0 Å². The quantitative estimate of drug-likeness (QED) is 0.743. The molecule has 1 saturated heterocycles. The molecule has 20 heavy (non-hydrogen) atoms. The van der Waals surface area contributed by atoms with Gasteiger partial charge in [-0.15, -0.1) is 0 Å². The molecule has 0 bridgehead atoms. The van der Waals surface area contributed by atoms with E-state index in [-0.39, 0.29) is 0 Å². The van der Waals surface area contributed by atoms with Crippen molar-refractivity contribution in [2.24, 2.45) is 0 Å². The molecule has 1 heterocycles. The van der Waals surface area contributed by atoms with Crippen LogP contribution in [0.1, 0.15) is 31.7 Å². The molecular weight excluding hydrogens is 248 g/mol. The van der Waals surface area contributed by atoms with Crippen LogP contribution in [0.4, 0.5) is 0 Å². The van der Waals surface area contributed by atoms with Crippen molar-refractivity contribution in [1.82, 2.24) is 9.80 Å². The highest BCUT2D eigenvalue weighted by Crippen LogP contribution is 2.20. The molecule has 1 aliphatic heterocycles. The predicted octanol–water partition coefficient (Wildman–Crippen LogP) is 2.83. The predicted molar refractivity (Wildman–Crippen MR) is 84.6 cm³/mol. The van der Waals surface area contributed by atoms with Crippen LogP contribution in [-0.2, 0) is 0 Å². The summed E-state index contributed by atoms with van der Waals surface area (Å²) in [5.74, 6) is 1.57. The average Bonchev–Trinajstić information content (AvgIpc) is 2.46. The number of ether oxygens (including phenoxy) is 1. The van der Waals surface area contributed by atoms with Gasteiger partial charge in [-0.3, -0.25) is 0 Å². The largest absolute Gasteiger partial charge is 0.494 e. The minimum absolute atomic E-state index is 0.559. The third-order valence-corrected chi connectivity index (χ3v) is 4.01. The van der Waals surface area contributed by atoms with E-state index in [2.05, 4.69) is 55.0 Å². The van der Waals surface area contributed by atoms with Crippen LogP contribution in [0.15, 0.2) is 24.3 Å². The van der Waals surface area contributed by atoms with E-state index in [1.54, 1.807) is 0 Å². The lowest BCUT2D eigenvalue weighted by Crippen LogP contribution is -2.44. The van der Waals surface area contributed by atoms with Crippen LogP contribution in [0.25, 0.3) is 0 Å². The third kappa shape index (κ3) is 4.80. The molecule has 112 valence electrons. The molecule has 0 amide bonds. The Labute approximate surface area is 123 Å². The average molecular weight is 276 g/mol. The van der Waals surface area contributed by atoms with Crippen molar-refractivity contribution >= 4 is 0 Å². The molecule has 0 unspecified atom stereocenters. The van der Waals surface area contributed by atoms with Crippen molar-refractivity contribution in [3.8, 4) is 5.75 Å². The van der Waals surface area contributed by atoms with Crippen LogP contribution in [0.5, 0.6) is 5.75 Å². The third-order valence-electron chi connectivity index (χ3n) is 4.01. The first kappa shape index (κ1) is 15.3. The summed E-state index contributed by atoms with van der Waals surface area (Å²) in [4.78, 5) is 4.93. The standard InChI is InChI=1S/C17H28N2O/c1-15(2)16-6-4-7-17(14-16)20-13-5-8-19-11-9-18(3)10-12-19/h4,6-7,14-15H,5,8-13H2,1-3H3. The molecule has 1 fully saturated rings. The first-order valence-electron chi connectivity index (χ1n) is 7.79. The van der Waals surface area contributed by atoms with Gasteiger partial charge in [-0.2, -0.15) is 0 Å². The van der Waals surface area contributed by atoms with E-state index in [0.717, 1.165) is 25.3 Å². The van der Waals surface area contributed by atoms with Gasteiger partial charge in [-0.25, -0.2) is 0 Å². The Hall–Kier alpha value is -1.06. The number of hydrogen-bond donors (Lipinski definition) is 0. The zero-order chi connectivity index (χ0) is 14.4. The van der Waals surface area contributed by atoms with Gasteiger partial charge in [0.1, 0.15) is 5.75 Å². The molecule has 0 radical (unpaired) electrons. The summed E-state index contributed by atoms with van der Waals surface area (Å²) < 4.78 is 5.87. The summed E-state index contributed by atoms with van der Waals surface area (Å²) in [7, 11) is 2.20. The van der Waals surface area contributed by atoms with E-state index in [9.17, 15) is 0 Å². The lowest BCUT2D eigenvalue weighted by atomic mass is 10.0.